The van der Waals surface area contributed by atoms with Gasteiger partial charge in [0, 0.05) is 30.1 Å². The van der Waals surface area contributed by atoms with E-state index in [0.29, 0.717) is 17.5 Å². The molecule has 0 atom stereocenters. The van der Waals surface area contributed by atoms with Crippen molar-refractivity contribution < 1.29 is 9.13 Å². The van der Waals surface area contributed by atoms with Crippen molar-refractivity contribution in [3.63, 3.8) is 0 Å². The van der Waals surface area contributed by atoms with Crippen LogP contribution in [0.1, 0.15) is 25.8 Å². The van der Waals surface area contributed by atoms with Gasteiger partial charge in [0.25, 0.3) is 0 Å². The molecule has 1 heterocycles. The second-order valence-corrected chi connectivity index (χ2v) is 7.35. The van der Waals surface area contributed by atoms with E-state index in [4.69, 9.17) is 22.1 Å². The standard InChI is InChI=1S/C18H28ClFN4O.HI/c1-18(2,15-5-4-14(20)12-16(15)19)13-23-17(21)22-6-3-7-24-8-10-25-11-9-24;/h4-5,12H,3,6-11,13H2,1-2H3,(H3,21,22,23);1H. The van der Waals surface area contributed by atoms with Gasteiger partial charge in [-0.3, -0.25) is 9.89 Å². The van der Waals surface area contributed by atoms with E-state index in [1.807, 2.05) is 13.8 Å². The number of nitrogens with one attached hydrogen (secondary N) is 1. The van der Waals surface area contributed by atoms with E-state index in [1.165, 1.54) is 12.1 Å². The largest absolute Gasteiger partial charge is 0.379 e. The monoisotopic (exact) mass is 498 g/mol. The molecule has 0 bridgehead atoms. The topological polar surface area (TPSA) is 62.9 Å². The highest BCUT2D eigenvalue weighted by Gasteiger charge is 2.23. The zero-order valence-electron chi connectivity index (χ0n) is 15.4. The number of benzene rings is 1. The summed E-state index contributed by atoms with van der Waals surface area (Å²) in [6, 6.07) is 4.45. The quantitative estimate of drug-likeness (QED) is 0.263. The Hall–Kier alpha value is -0.640. The molecule has 3 N–H and O–H groups in total. The third-order valence-electron chi connectivity index (χ3n) is 4.37. The zero-order chi connectivity index (χ0) is 18.3. The molecule has 1 aromatic rings. The number of nitrogens with zero attached hydrogens (tertiary/aromatic N) is 2. The summed E-state index contributed by atoms with van der Waals surface area (Å²) in [5.41, 5.74) is 6.48. The van der Waals surface area contributed by atoms with Gasteiger partial charge >= 0.3 is 0 Å². The van der Waals surface area contributed by atoms with Gasteiger partial charge in [-0.05, 0) is 30.7 Å². The summed E-state index contributed by atoms with van der Waals surface area (Å²) in [6.45, 7) is 9.94. The van der Waals surface area contributed by atoms with Crippen LogP contribution < -0.4 is 11.1 Å². The molecule has 26 heavy (non-hydrogen) atoms. The van der Waals surface area contributed by atoms with Gasteiger partial charge in [0.15, 0.2) is 5.96 Å². The summed E-state index contributed by atoms with van der Waals surface area (Å²) < 4.78 is 18.5. The van der Waals surface area contributed by atoms with Crippen LogP contribution >= 0.6 is 35.6 Å². The summed E-state index contributed by atoms with van der Waals surface area (Å²) >= 11 is 6.16. The average molecular weight is 499 g/mol. The number of nitrogens with two attached hydrogens (primary N) is 1. The first-order valence-corrected chi connectivity index (χ1v) is 9.06. The van der Waals surface area contributed by atoms with Crippen LogP contribution in [0.2, 0.25) is 5.02 Å². The fourth-order valence-electron chi connectivity index (χ4n) is 2.81. The first-order valence-electron chi connectivity index (χ1n) is 8.68. The van der Waals surface area contributed by atoms with Crippen LogP contribution in [0.3, 0.4) is 0 Å². The molecule has 148 valence electrons. The van der Waals surface area contributed by atoms with Gasteiger partial charge in [-0.2, -0.15) is 0 Å². The lowest BCUT2D eigenvalue weighted by atomic mass is 9.84. The molecular weight excluding hydrogens is 470 g/mol. The smallest absolute Gasteiger partial charge is 0.188 e. The fraction of sp³-hybridized carbons (Fsp3) is 0.611. The van der Waals surface area contributed by atoms with Crippen LogP contribution in [-0.4, -0.2) is 56.8 Å². The van der Waals surface area contributed by atoms with Crippen molar-refractivity contribution in [2.45, 2.75) is 25.7 Å². The molecule has 1 aliphatic rings. The van der Waals surface area contributed by atoms with Crippen LogP contribution in [0.4, 0.5) is 4.39 Å². The van der Waals surface area contributed by atoms with E-state index in [-0.39, 0.29) is 35.2 Å². The molecule has 0 amide bonds. The summed E-state index contributed by atoms with van der Waals surface area (Å²) in [5.74, 6) is 0.0859. The molecule has 0 aromatic heterocycles. The number of hydrogen-bond donors (Lipinski definition) is 2. The van der Waals surface area contributed by atoms with Crippen LogP contribution in [0.25, 0.3) is 0 Å². The molecular formula is C18H29ClFIN4O. The number of guanidine groups is 1. The van der Waals surface area contributed by atoms with Gasteiger partial charge in [-0.25, -0.2) is 4.39 Å². The Labute approximate surface area is 177 Å². The maximum Gasteiger partial charge on any atom is 0.188 e. The van der Waals surface area contributed by atoms with E-state index >= 15 is 0 Å². The number of halogens is 3. The molecule has 0 spiro atoms. The Morgan fingerprint density at radius 3 is 2.73 bits per heavy atom. The molecule has 1 aromatic carbocycles. The van der Waals surface area contributed by atoms with Gasteiger partial charge in [-0.1, -0.05) is 31.5 Å². The van der Waals surface area contributed by atoms with Gasteiger partial charge in [0.2, 0.25) is 0 Å². The maximum absolute atomic E-state index is 13.2. The summed E-state index contributed by atoms with van der Waals surface area (Å²) in [5, 5.41) is 3.56. The van der Waals surface area contributed by atoms with Gasteiger partial charge in [0.05, 0.1) is 19.8 Å². The lowest BCUT2D eigenvalue weighted by Crippen LogP contribution is -2.39. The molecule has 8 heteroatoms. The Bertz CT molecular complexity index is 595. The normalized spacial score (nSPS) is 16.2. The molecule has 0 saturated carbocycles. The molecule has 0 radical (unpaired) electrons. The summed E-state index contributed by atoms with van der Waals surface area (Å²) in [6.07, 6.45) is 1.00. The molecule has 2 rings (SSSR count). The lowest BCUT2D eigenvalue weighted by molar-refractivity contribution is 0.0376. The Morgan fingerprint density at radius 2 is 2.08 bits per heavy atom. The maximum atomic E-state index is 13.2. The highest BCUT2D eigenvalue weighted by atomic mass is 127. The van der Waals surface area contributed by atoms with E-state index in [9.17, 15) is 4.39 Å². The van der Waals surface area contributed by atoms with Crippen molar-refractivity contribution in [3.8, 4) is 0 Å². The van der Waals surface area contributed by atoms with Gasteiger partial charge in [-0.15, -0.1) is 24.0 Å². The van der Waals surface area contributed by atoms with E-state index < -0.39 is 0 Å². The van der Waals surface area contributed by atoms with Crippen molar-refractivity contribution in [1.29, 1.82) is 0 Å². The minimum absolute atomic E-state index is 0. The highest BCUT2D eigenvalue weighted by Crippen LogP contribution is 2.30. The summed E-state index contributed by atoms with van der Waals surface area (Å²) in [4.78, 5) is 6.80. The van der Waals surface area contributed by atoms with Crippen molar-refractivity contribution in [3.05, 3.63) is 34.6 Å². The van der Waals surface area contributed by atoms with Crippen LogP contribution in [0, 0.1) is 5.82 Å². The third kappa shape index (κ3) is 7.54. The average Bonchev–Trinajstić information content (AvgIpc) is 2.57. The van der Waals surface area contributed by atoms with Crippen LogP contribution in [0.5, 0.6) is 0 Å². The van der Waals surface area contributed by atoms with E-state index in [1.54, 1.807) is 6.07 Å². The minimum Gasteiger partial charge on any atom is -0.379 e. The van der Waals surface area contributed by atoms with Crippen molar-refractivity contribution in [2.75, 3.05) is 45.9 Å². The van der Waals surface area contributed by atoms with E-state index in [2.05, 4.69) is 15.2 Å². The molecule has 0 aliphatic carbocycles. The predicted octanol–water partition coefficient (Wildman–Crippen LogP) is 3.00. The highest BCUT2D eigenvalue weighted by molar-refractivity contribution is 14.0. The zero-order valence-corrected chi connectivity index (χ0v) is 18.5. The molecule has 1 aliphatic heterocycles. The summed E-state index contributed by atoms with van der Waals surface area (Å²) in [7, 11) is 0. The van der Waals surface area contributed by atoms with Crippen LogP contribution in [0.15, 0.2) is 23.2 Å². The lowest BCUT2D eigenvalue weighted by Gasteiger charge is -2.26. The number of rotatable bonds is 7. The van der Waals surface area contributed by atoms with E-state index in [0.717, 1.165) is 51.4 Å². The second kappa shape index (κ2) is 11.3. The number of hydrogen-bond acceptors (Lipinski definition) is 3. The minimum atomic E-state index is -0.338. The Morgan fingerprint density at radius 1 is 1.38 bits per heavy atom. The molecule has 5 nitrogen and oxygen atoms in total. The predicted molar refractivity (Wildman–Crippen MR) is 116 cm³/mol. The van der Waals surface area contributed by atoms with Gasteiger partial charge in [0.1, 0.15) is 5.82 Å². The first kappa shape index (κ1) is 23.4. The second-order valence-electron chi connectivity index (χ2n) is 6.94. The number of morpholine rings is 1. The SMILES string of the molecule is CC(C)(CN=C(N)NCCCN1CCOCC1)c1ccc(F)cc1Cl.I. The van der Waals surface area contributed by atoms with Gasteiger partial charge < -0.3 is 15.8 Å². The van der Waals surface area contributed by atoms with Crippen molar-refractivity contribution in [2.24, 2.45) is 10.7 Å². The molecule has 0 unspecified atom stereocenters. The Balaban J connectivity index is 0.00000338. The first-order chi connectivity index (χ1) is 11.9. The van der Waals surface area contributed by atoms with Crippen molar-refractivity contribution in [1.82, 2.24) is 10.2 Å². The molecule has 1 saturated heterocycles. The Kier molecular flexibility index (Phi) is 10.1. The fourth-order valence-corrected chi connectivity index (χ4v) is 3.23. The van der Waals surface area contributed by atoms with Crippen molar-refractivity contribution >= 4 is 41.5 Å². The number of aliphatic imine (C=N–C) groups is 1. The van der Waals surface area contributed by atoms with Crippen LogP contribution in [-0.2, 0) is 10.2 Å². The molecule has 1 fully saturated rings. The third-order valence-corrected chi connectivity index (χ3v) is 4.68. The number of ether oxygens (including phenoxy) is 1.